The molecule has 1 heterocycles. The highest BCUT2D eigenvalue weighted by Crippen LogP contribution is 2.37. The van der Waals surface area contributed by atoms with Crippen LogP contribution < -0.4 is 14.8 Å². The monoisotopic (exact) mass is 265 g/mol. The summed E-state index contributed by atoms with van der Waals surface area (Å²) in [5.74, 6) is 1.87. The molecule has 0 aromatic heterocycles. The lowest BCUT2D eigenvalue weighted by Gasteiger charge is -2.20. The van der Waals surface area contributed by atoms with Crippen LogP contribution in [0.4, 0.5) is 0 Å². The van der Waals surface area contributed by atoms with Gasteiger partial charge in [0.1, 0.15) is 0 Å². The number of benzene rings is 1. The average molecular weight is 265 g/mol. The van der Waals surface area contributed by atoms with Crippen molar-refractivity contribution in [2.75, 3.05) is 26.8 Å². The Balaban J connectivity index is 2.42. The first-order valence-electron chi connectivity index (χ1n) is 6.89. The molecule has 1 aromatic rings. The normalized spacial score (nSPS) is 16.3. The summed E-state index contributed by atoms with van der Waals surface area (Å²) < 4.78 is 11.4. The topological polar surface area (TPSA) is 50.7 Å². The van der Waals surface area contributed by atoms with E-state index in [-0.39, 0.29) is 0 Å². The lowest BCUT2D eigenvalue weighted by Crippen LogP contribution is -2.18. The van der Waals surface area contributed by atoms with Crippen LogP contribution in [0.5, 0.6) is 11.5 Å². The zero-order chi connectivity index (χ0) is 13.8. The van der Waals surface area contributed by atoms with Crippen LogP contribution >= 0.6 is 0 Å². The van der Waals surface area contributed by atoms with E-state index in [0.717, 1.165) is 29.0 Å². The Morgan fingerprint density at radius 2 is 1.74 bits per heavy atom. The molecule has 1 atom stereocenters. The summed E-state index contributed by atoms with van der Waals surface area (Å²) in [6.07, 6.45) is 0.361. The first kappa shape index (κ1) is 14.2. The van der Waals surface area contributed by atoms with Crippen molar-refractivity contribution in [1.82, 2.24) is 5.32 Å². The second kappa shape index (κ2) is 6.26. The maximum absolute atomic E-state index is 10.3. The first-order chi connectivity index (χ1) is 9.13. The Bertz CT molecular complexity index is 432. The summed E-state index contributed by atoms with van der Waals surface area (Å²) >= 11 is 0. The van der Waals surface area contributed by atoms with Crippen LogP contribution in [0, 0.1) is 0 Å². The van der Waals surface area contributed by atoms with Crippen molar-refractivity contribution >= 4 is 0 Å². The Morgan fingerprint density at radius 1 is 1.16 bits per heavy atom. The molecule has 19 heavy (non-hydrogen) atoms. The van der Waals surface area contributed by atoms with Gasteiger partial charge in [-0.15, -0.1) is 0 Å². The summed E-state index contributed by atoms with van der Waals surface area (Å²) in [5.41, 5.74) is 2.04. The third-order valence-electron chi connectivity index (χ3n) is 3.33. The third kappa shape index (κ3) is 3.19. The maximum atomic E-state index is 10.3. The highest BCUT2D eigenvalue weighted by molar-refractivity contribution is 5.49. The number of hydrogen-bond acceptors (Lipinski definition) is 4. The minimum Gasteiger partial charge on any atom is -0.490 e. The standard InChI is InChI=1S/C15H23NO3/c1-10(2)11-7-14-15(19-6-4-5-18-14)8-12(11)13(17)9-16-3/h7-8,10,13,16-17H,4-6,9H2,1-3H3. The lowest BCUT2D eigenvalue weighted by molar-refractivity contribution is 0.175. The molecule has 4 nitrogen and oxygen atoms in total. The van der Waals surface area contributed by atoms with Gasteiger partial charge in [0, 0.05) is 13.0 Å². The van der Waals surface area contributed by atoms with Crippen LogP contribution in [0.3, 0.4) is 0 Å². The number of ether oxygens (including phenoxy) is 2. The molecular formula is C15H23NO3. The Hall–Kier alpha value is -1.26. The van der Waals surface area contributed by atoms with E-state index in [1.54, 1.807) is 0 Å². The SMILES string of the molecule is CNCC(O)c1cc2c(cc1C(C)C)OCCCO2. The molecule has 1 aromatic carbocycles. The highest BCUT2D eigenvalue weighted by atomic mass is 16.5. The molecule has 0 spiro atoms. The van der Waals surface area contributed by atoms with Gasteiger partial charge in [-0.1, -0.05) is 13.8 Å². The predicted molar refractivity (Wildman–Crippen MR) is 75.0 cm³/mol. The lowest BCUT2D eigenvalue weighted by atomic mass is 9.93. The van der Waals surface area contributed by atoms with Gasteiger partial charge in [0.15, 0.2) is 11.5 Å². The summed E-state index contributed by atoms with van der Waals surface area (Å²) in [6, 6.07) is 3.94. The molecule has 0 radical (unpaired) electrons. The molecule has 0 saturated heterocycles. The molecule has 2 N–H and O–H groups in total. The zero-order valence-electron chi connectivity index (χ0n) is 11.9. The maximum Gasteiger partial charge on any atom is 0.161 e. The fourth-order valence-corrected chi connectivity index (χ4v) is 2.33. The van der Waals surface area contributed by atoms with Gasteiger partial charge in [0.05, 0.1) is 19.3 Å². The molecule has 0 saturated carbocycles. The Morgan fingerprint density at radius 3 is 2.26 bits per heavy atom. The number of aliphatic hydroxyl groups excluding tert-OH is 1. The van der Waals surface area contributed by atoms with Crippen molar-refractivity contribution in [3.05, 3.63) is 23.3 Å². The van der Waals surface area contributed by atoms with Crippen LogP contribution in [-0.2, 0) is 0 Å². The van der Waals surface area contributed by atoms with E-state index in [2.05, 4.69) is 19.2 Å². The van der Waals surface area contributed by atoms with Gasteiger partial charge in [-0.2, -0.15) is 0 Å². The molecular weight excluding hydrogens is 242 g/mol. The van der Waals surface area contributed by atoms with Crippen molar-refractivity contribution in [2.24, 2.45) is 0 Å². The number of hydrogen-bond donors (Lipinski definition) is 2. The molecule has 2 rings (SSSR count). The zero-order valence-corrected chi connectivity index (χ0v) is 11.9. The molecule has 4 heteroatoms. The van der Waals surface area contributed by atoms with Gasteiger partial charge < -0.3 is 19.9 Å². The van der Waals surface area contributed by atoms with E-state index in [9.17, 15) is 5.11 Å². The average Bonchev–Trinajstić information content (AvgIpc) is 2.61. The Labute approximate surface area is 114 Å². The van der Waals surface area contributed by atoms with Gasteiger partial charge in [0.2, 0.25) is 0 Å². The van der Waals surface area contributed by atoms with Gasteiger partial charge >= 0.3 is 0 Å². The molecule has 1 aliphatic heterocycles. The predicted octanol–water partition coefficient (Wildman–Crippen LogP) is 2.22. The number of aliphatic hydroxyl groups is 1. The summed E-state index contributed by atoms with van der Waals surface area (Å²) in [7, 11) is 1.83. The van der Waals surface area contributed by atoms with Crippen molar-refractivity contribution in [1.29, 1.82) is 0 Å². The molecule has 0 bridgehead atoms. The minimum atomic E-state index is -0.528. The number of nitrogens with one attached hydrogen (secondary N) is 1. The van der Waals surface area contributed by atoms with E-state index < -0.39 is 6.10 Å². The van der Waals surface area contributed by atoms with E-state index in [1.807, 2.05) is 19.2 Å². The van der Waals surface area contributed by atoms with Gasteiger partial charge in [-0.3, -0.25) is 0 Å². The van der Waals surface area contributed by atoms with Crippen LogP contribution in [-0.4, -0.2) is 31.9 Å². The second-order valence-electron chi connectivity index (χ2n) is 5.21. The van der Waals surface area contributed by atoms with Crippen LogP contribution in [0.25, 0.3) is 0 Å². The van der Waals surface area contributed by atoms with Gasteiger partial charge in [-0.25, -0.2) is 0 Å². The van der Waals surface area contributed by atoms with Crippen molar-refractivity contribution in [2.45, 2.75) is 32.3 Å². The number of rotatable bonds is 4. The van der Waals surface area contributed by atoms with Crippen molar-refractivity contribution in [3.8, 4) is 11.5 Å². The highest BCUT2D eigenvalue weighted by Gasteiger charge is 2.20. The third-order valence-corrected chi connectivity index (χ3v) is 3.33. The summed E-state index contributed by atoms with van der Waals surface area (Å²) in [5, 5.41) is 13.3. The van der Waals surface area contributed by atoms with Gasteiger partial charge in [0.25, 0.3) is 0 Å². The number of fused-ring (bicyclic) bond motifs is 1. The fourth-order valence-electron chi connectivity index (χ4n) is 2.33. The Kier molecular flexibility index (Phi) is 4.66. The number of likely N-dealkylation sites (N-methyl/N-ethyl adjacent to an activating group) is 1. The molecule has 1 aliphatic rings. The van der Waals surface area contributed by atoms with Crippen LogP contribution in [0.2, 0.25) is 0 Å². The first-order valence-corrected chi connectivity index (χ1v) is 6.89. The molecule has 0 fully saturated rings. The molecule has 0 amide bonds. The smallest absolute Gasteiger partial charge is 0.161 e. The molecule has 0 aliphatic carbocycles. The largest absolute Gasteiger partial charge is 0.490 e. The summed E-state index contributed by atoms with van der Waals surface area (Å²) in [4.78, 5) is 0. The summed E-state index contributed by atoms with van der Waals surface area (Å²) in [6.45, 7) is 6.11. The van der Waals surface area contributed by atoms with Gasteiger partial charge in [-0.05, 0) is 36.2 Å². The minimum absolute atomic E-state index is 0.332. The van der Waals surface area contributed by atoms with E-state index in [0.29, 0.717) is 25.7 Å². The fraction of sp³-hybridized carbons (Fsp3) is 0.600. The van der Waals surface area contributed by atoms with E-state index >= 15 is 0 Å². The second-order valence-corrected chi connectivity index (χ2v) is 5.21. The van der Waals surface area contributed by atoms with Crippen molar-refractivity contribution < 1.29 is 14.6 Å². The van der Waals surface area contributed by atoms with Crippen LogP contribution in [0.15, 0.2) is 12.1 Å². The molecule has 1 unspecified atom stereocenters. The van der Waals surface area contributed by atoms with Crippen LogP contribution in [0.1, 0.15) is 43.4 Å². The van der Waals surface area contributed by atoms with E-state index in [4.69, 9.17) is 9.47 Å². The quantitative estimate of drug-likeness (QED) is 0.876. The molecule has 106 valence electrons. The van der Waals surface area contributed by atoms with E-state index in [1.165, 1.54) is 0 Å². The van der Waals surface area contributed by atoms with Crippen molar-refractivity contribution in [3.63, 3.8) is 0 Å².